The molecule has 11 nitrogen and oxygen atoms in total. The second-order valence-electron chi connectivity index (χ2n) is 14.4. The molecule has 0 spiro atoms. The van der Waals surface area contributed by atoms with Crippen molar-refractivity contribution in [3.63, 3.8) is 0 Å². The molecular formula is C41H78NO10P. The minimum Gasteiger partial charge on any atom is -0.462 e. The average Bonchev–Trinajstić information content (AvgIpc) is 3.14. The summed E-state index contributed by atoms with van der Waals surface area (Å²) >= 11 is 0. The van der Waals surface area contributed by atoms with Gasteiger partial charge in [0.1, 0.15) is 12.9 Å². The molecule has 0 saturated carbocycles. The van der Waals surface area contributed by atoms with E-state index < -0.39 is 32.5 Å². The van der Waals surface area contributed by atoms with Gasteiger partial charge in [0, 0.05) is 32.2 Å². The largest absolute Gasteiger partial charge is 0.472 e. The van der Waals surface area contributed by atoms with Crippen molar-refractivity contribution in [3.8, 4) is 0 Å². The molecule has 0 bridgehead atoms. The Balaban J connectivity index is 4.46. The molecule has 2 unspecified atom stereocenters. The van der Waals surface area contributed by atoms with Crippen molar-refractivity contribution >= 4 is 32.0 Å². The van der Waals surface area contributed by atoms with Crippen LogP contribution in [-0.2, 0) is 42.3 Å². The highest BCUT2D eigenvalue weighted by atomic mass is 31.2. The molecule has 53 heavy (non-hydrogen) atoms. The van der Waals surface area contributed by atoms with Crippen LogP contribution in [0.2, 0.25) is 0 Å². The normalized spacial score (nSPS) is 13.0. The summed E-state index contributed by atoms with van der Waals surface area (Å²) in [4.78, 5) is 57.2. The Hall–Kier alpha value is -1.81. The molecule has 2 N–H and O–H groups in total. The van der Waals surface area contributed by atoms with Gasteiger partial charge < -0.3 is 24.5 Å². The zero-order chi connectivity index (χ0) is 39.1. The molecule has 0 fully saturated rings. The third-order valence-corrected chi connectivity index (χ3v) is 10.3. The Kier molecular flexibility index (Phi) is 37.2. The summed E-state index contributed by atoms with van der Waals surface area (Å²) in [6.07, 6.45) is 31.2. The second-order valence-corrected chi connectivity index (χ2v) is 15.9. The fourth-order valence-corrected chi connectivity index (χ4v) is 6.79. The van der Waals surface area contributed by atoms with E-state index in [1.807, 2.05) is 0 Å². The molecule has 12 heteroatoms. The molecule has 0 aromatic carbocycles. The van der Waals surface area contributed by atoms with Crippen molar-refractivity contribution in [2.24, 2.45) is 0 Å². The molecule has 0 aliphatic rings. The fourth-order valence-electron chi connectivity index (χ4n) is 6.04. The fraction of sp³-hybridized carbons (Fsp3) is 0.902. The summed E-state index contributed by atoms with van der Waals surface area (Å²) in [5.74, 6) is -1.29. The molecule has 0 aromatic heterocycles. The maximum atomic E-state index is 12.6. The highest BCUT2D eigenvalue weighted by Gasteiger charge is 2.26. The van der Waals surface area contributed by atoms with Crippen LogP contribution >= 0.6 is 7.82 Å². The summed E-state index contributed by atoms with van der Waals surface area (Å²) < 4.78 is 33.3. The monoisotopic (exact) mass is 776 g/mol. The van der Waals surface area contributed by atoms with Gasteiger partial charge >= 0.3 is 19.8 Å². The summed E-state index contributed by atoms with van der Waals surface area (Å²) in [6.45, 7) is 3.31. The van der Waals surface area contributed by atoms with Crippen molar-refractivity contribution in [1.82, 2.24) is 5.32 Å². The molecule has 1 amide bonds. The molecule has 0 heterocycles. The number of hydrogen-bond donors (Lipinski definition) is 2. The third kappa shape index (κ3) is 38.3. The predicted octanol–water partition coefficient (Wildman–Crippen LogP) is 10.6. The Labute approximate surface area is 322 Å². The average molecular weight is 776 g/mol. The lowest BCUT2D eigenvalue weighted by Gasteiger charge is -2.20. The number of amides is 1. The van der Waals surface area contributed by atoms with Gasteiger partial charge in [0.25, 0.3) is 0 Å². The van der Waals surface area contributed by atoms with Crippen LogP contribution in [0.15, 0.2) is 0 Å². The number of aldehydes is 1. The first-order chi connectivity index (χ1) is 25.7. The Bertz CT molecular complexity index is 934. The zero-order valence-electron chi connectivity index (χ0n) is 33.8. The number of ether oxygens (including phenoxy) is 2. The van der Waals surface area contributed by atoms with Crippen molar-refractivity contribution < 1.29 is 47.2 Å². The molecule has 0 aliphatic carbocycles. The van der Waals surface area contributed by atoms with Crippen molar-refractivity contribution in [3.05, 3.63) is 0 Å². The third-order valence-electron chi connectivity index (χ3n) is 9.29. The lowest BCUT2D eigenvalue weighted by atomic mass is 10.0. The van der Waals surface area contributed by atoms with E-state index in [0.717, 1.165) is 38.5 Å². The predicted molar refractivity (Wildman–Crippen MR) is 211 cm³/mol. The highest BCUT2D eigenvalue weighted by molar-refractivity contribution is 7.47. The van der Waals surface area contributed by atoms with E-state index in [0.29, 0.717) is 19.1 Å². The summed E-state index contributed by atoms with van der Waals surface area (Å²) in [6, 6.07) is 0. The Morgan fingerprint density at radius 3 is 1.43 bits per heavy atom. The van der Waals surface area contributed by atoms with Gasteiger partial charge in [0.15, 0.2) is 6.10 Å². The number of hydrogen-bond acceptors (Lipinski definition) is 9. The first-order valence-electron chi connectivity index (χ1n) is 21.4. The van der Waals surface area contributed by atoms with Gasteiger partial charge in [-0.2, -0.15) is 0 Å². The molecular weight excluding hydrogens is 697 g/mol. The van der Waals surface area contributed by atoms with E-state index in [1.54, 1.807) is 0 Å². The van der Waals surface area contributed by atoms with Gasteiger partial charge in [-0.15, -0.1) is 0 Å². The van der Waals surface area contributed by atoms with Gasteiger partial charge in [0.05, 0.1) is 13.2 Å². The number of esters is 2. The SMILES string of the molecule is CCCCCCCCCCCCCCCC(=O)OCC(COP(=O)(O)OCCNC(=O)CCC=O)OC(=O)CCCCCCCCCCCCCCC. The Morgan fingerprint density at radius 2 is 1.00 bits per heavy atom. The van der Waals surface area contributed by atoms with E-state index in [9.17, 15) is 28.6 Å². The van der Waals surface area contributed by atoms with E-state index >= 15 is 0 Å². The summed E-state index contributed by atoms with van der Waals surface area (Å²) in [5.41, 5.74) is 0. The minimum absolute atomic E-state index is 0.0151. The maximum Gasteiger partial charge on any atom is 0.472 e. The van der Waals surface area contributed by atoms with Gasteiger partial charge in [-0.25, -0.2) is 4.57 Å². The second kappa shape index (κ2) is 38.5. The van der Waals surface area contributed by atoms with Crippen LogP contribution in [-0.4, -0.2) is 61.5 Å². The van der Waals surface area contributed by atoms with Crippen molar-refractivity contribution in [1.29, 1.82) is 0 Å². The number of carbonyl (C=O) groups excluding carboxylic acids is 4. The first-order valence-corrected chi connectivity index (χ1v) is 22.9. The molecule has 0 aromatic rings. The first kappa shape index (κ1) is 51.2. The summed E-state index contributed by atoms with van der Waals surface area (Å²) in [5, 5.41) is 2.47. The standard InChI is InChI=1S/C41H78NO10P/c1-3-5-7-9-11-13-15-17-19-21-23-25-27-31-40(45)49-36-38(37-51-53(47,48)50-35-33-42-39(44)30-29-34-43)52-41(46)32-28-26-24-22-20-18-16-14-12-10-8-6-4-2/h34,38H,3-33,35-37H2,1-2H3,(H,42,44)(H,47,48). The maximum absolute atomic E-state index is 12.6. The van der Waals surface area contributed by atoms with Gasteiger partial charge in [0.2, 0.25) is 5.91 Å². The molecule has 0 rings (SSSR count). The van der Waals surface area contributed by atoms with E-state index in [-0.39, 0.29) is 51.3 Å². The van der Waals surface area contributed by atoms with Crippen LogP contribution < -0.4 is 5.32 Å². The van der Waals surface area contributed by atoms with E-state index in [4.69, 9.17) is 18.5 Å². The number of phosphoric ester groups is 1. The number of unbranched alkanes of at least 4 members (excludes halogenated alkanes) is 24. The highest BCUT2D eigenvalue weighted by Crippen LogP contribution is 2.43. The van der Waals surface area contributed by atoms with Crippen LogP contribution in [0.5, 0.6) is 0 Å². The van der Waals surface area contributed by atoms with E-state index in [2.05, 4.69) is 19.2 Å². The molecule has 2 atom stereocenters. The number of nitrogens with one attached hydrogen (secondary N) is 1. The van der Waals surface area contributed by atoms with Crippen LogP contribution in [0.4, 0.5) is 0 Å². The molecule has 0 aliphatic heterocycles. The van der Waals surface area contributed by atoms with Gasteiger partial charge in [-0.1, -0.05) is 168 Å². The lowest BCUT2D eigenvalue weighted by molar-refractivity contribution is -0.161. The van der Waals surface area contributed by atoms with Crippen molar-refractivity contribution in [2.45, 2.75) is 213 Å². The van der Waals surface area contributed by atoms with Crippen LogP contribution in [0.1, 0.15) is 206 Å². The molecule has 0 saturated heterocycles. The number of carbonyl (C=O) groups is 4. The van der Waals surface area contributed by atoms with Crippen LogP contribution in [0, 0.1) is 0 Å². The summed E-state index contributed by atoms with van der Waals surface area (Å²) in [7, 11) is -4.55. The molecule has 0 radical (unpaired) electrons. The minimum atomic E-state index is -4.55. The van der Waals surface area contributed by atoms with Gasteiger partial charge in [-0.05, 0) is 12.8 Å². The van der Waals surface area contributed by atoms with E-state index in [1.165, 1.54) is 116 Å². The smallest absolute Gasteiger partial charge is 0.462 e. The quantitative estimate of drug-likeness (QED) is 0.0265. The topological polar surface area (TPSA) is 155 Å². The van der Waals surface area contributed by atoms with Crippen LogP contribution in [0.25, 0.3) is 0 Å². The zero-order valence-corrected chi connectivity index (χ0v) is 34.7. The number of phosphoric acid groups is 1. The lowest BCUT2D eigenvalue weighted by Crippen LogP contribution is -2.30. The number of rotatable bonds is 41. The van der Waals surface area contributed by atoms with Crippen LogP contribution in [0.3, 0.4) is 0 Å². The van der Waals surface area contributed by atoms with Crippen molar-refractivity contribution in [2.75, 3.05) is 26.4 Å². The molecule has 312 valence electrons. The van der Waals surface area contributed by atoms with Gasteiger partial charge in [-0.3, -0.25) is 23.4 Å². The Morgan fingerprint density at radius 1 is 0.585 bits per heavy atom.